The van der Waals surface area contributed by atoms with Gasteiger partial charge in [0.05, 0.1) is 0 Å². The van der Waals surface area contributed by atoms with Crippen molar-refractivity contribution >= 4 is 11.9 Å². The van der Waals surface area contributed by atoms with E-state index in [4.69, 9.17) is 0 Å². The van der Waals surface area contributed by atoms with Gasteiger partial charge in [-0.3, -0.25) is 9.59 Å². The summed E-state index contributed by atoms with van der Waals surface area (Å²) >= 11 is 0. The van der Waals surface area contributed by atoms with Crippen molar-refractivity contribution in [2.45, 2.75) is 51.0 Å². The van der Waals surface area contributed by atoms with Gasteiger partial charge in [-0.25, -0.2) is 0 Å². The van der Waals surface area contributed by atoms with Crippen molar-refractivity contribution in [2.24, 2.45) is 11.3 Å². The van der Waals surface area contributed by atoms with E-state index in [0.29, 0.717) is 24.8 Å². The molecule has 4 nitrogen and oxygen atoms in total. The number of rotatable bonds is 2. The summed E-state index contributed by atoms with van der Waals surface area (Å²) in [5.74, 6) is -0.376. The van der Waals surface area contributed by atoms with Crippen LogP contribution in [0.25, 0.3) is 0 Å². The summed E-state index contributed by atoms with van der Waals surface area (Å²) in [6, 6.07) is 0.341. The third-order valence-corrected chi connectivity index (χ3v) is 4.84. The Morgan fingerprint density at radius 3 is 2.47 bits per heavy atom. The molecule has 2 atom stereocenters. The first-order valence-electron chi connectivity index (χ1n) is 6.70. The quantitative estimate of drug-likeness (QED) is 0.743. The number of hydrogen-bond donors (Lipinski definition) is 1. The molecule has 1 aliphatic heterocycles. The molecule has 1 heterocycles. The number of carbonyl (C=O) groups is 2. The van der Waals surface area contributed by atoms with Gasteiger partial charge in [0, 0.05) is 12.6 Å². The molecule has 17 heavy (non-hydrogen) atoms. The molecule has 1 amide bonds. The zero-order valence-electron chi connectivity index (χ0n) is 10.0. The second-order valence-corrected chi connectivity index (χ2v) is 5.79. The van der Waals surface area contributed by atoms with E-state index < -0.39 is 11.4 Å². The molecule has 0 aromatic rings. The summed E-state index contributed by atoms with van der Waals surface area (Å²) in [5, 5.41) is 9.18. The molecule has 0 aromatic heterocycles. The fourth-order valence-electron chi connectivity index (χ4n) is 3.58. The summed E-state index contributed by atoms with van der Waals surface area (Å²) in [6.45, 7) is 0.781. The molecule has 2 unspecified atom stereocenters. The van der Waals surface area contributed by atoms with E-state index in [0.717, 1.165) is 19.4 Å². The highest BCUT2D eigenvalue weighted by Crippen LogP contribution is 2.49. The Hall–Kier alpha value is -1.06. The van der Waals surface area contributed by atoms with Gasteiger partial charge in [0.15, 0.2) is 0 Å². The van der Waals surface area contributed by atoms with Gasteiger partial charge in [0.1, 0.15) is 5.41 Å². The maximum Gasteiger partial charge on any atom is 0.319 e. The molecule has 1 N–H and O–H groups in total. The summed E-state index contributed by atoms with van der Waals surface area (Å²) in [6.07, 6.45) is 6.90. The number of carboxylic acid groups (broad SMARTS) is 1. The van der Waals surface area contributed by atoms with E-state index in [1.54, 1.807) is 0 Å². The van der Waals surface area contributed by atoms with E-state index in [9.17, 15) is 14.7 Å². The predicted molar refractivity (Wildman–Crippen MR) is 61.4 cm³/mol. The van der Waals surface area contributed by atoms with Crippen LogP contribution in [0.15, 0.2) is 0 Å². The normalized spacial score (nSPS) is 34.2. The minimum Gasteiger partial charge on any atom is -0.480 e. The van der Waals surface area contributed by atoms with Crippen molar-refractivity contribution in [3.05, 3.63) is 0 Å². The van der Waals surface area contributed by atoms with Crippen LogP contribution in [0.3, 0.4) is 0 Å². The van der Waals surface area contributed by atoms with Crippen molar-refractivity contribution in [1.29, 1.82) is 0 Å². The van der Waals surface area contributed by atoms with Crippen molar-refractivity contribution in [1.82, 2.24) is 4.90 Å². The van der Waals surface area contributed by atoms with Gasteiger partial charge in [-0.15, -0.1) is 0 Å². The van der Waals surface area contributed by atoms with Gasteiger partial charge in [0.2, 0.25) is 5.91 Å². The van der Waals surface area contributed by atoms with Gasteiger partial charge in [0.25, 0.3) is 0 Å². The molecule has 0 spiro atoms. The van der Waals surface area contributed by atoms with Gasteiger partial charge in [-0.05, 0) is 38.0 Å². The van der Waals surface area contributed by atoms with Crippen LogP contribution in [-0.2, 0) is 9.59 Å². The SMILES string of the molecule is O=C(O)C1(C(=O)N2CCC3CCCCC32)CC1. The molecule has 4 heteroatoms. The molecular formula is C13H19NO3. The lowest BCUT2D eigenvalue weighted by atomic mass is 9.85. The molecule has 3 aliphatic rings. The van der Waals surface area contributed by atoms with Crippen LogP contribution in [0, 0.1) is 11.3 Å². The van der Waals surface area contributed by atoms with E-state index in [-0.39, 0.29) is 5.91 Å². The molecule has 94 valence electrons. The Balaban J connectivity index is 1.77. The number of amides is 1. The highest BCUT2D eigenvalue weighted by molar-refractivity contribution is 6.05. The third-order valence-electron chi connectivity index (χ3n) is 4.84. The average Bonchev–Trinajstić information content (AvgIpc) is 3.03. The summed E-state index contributed by atoms with van der Waals surface area (Å²) in [7, 11) is 0. The van der Waals surface area contributed by atoms with Crippen LogP contribution < -0.4 is 0 Å². The molecule has 0 radical (unpaired) electrons. The molecule has 3 rings (SSSR count). The van der Waals surface area contributed by atoms with Crippen molar-refractivity contribution in [2.75, 3.05) is 6.54 Å². The number of hydrogen-bond acceptors (Lipinski definition) is 2. The Kier molecular flexibility index (Phi) is 2.42. The smallest absolute Gasteiger partial charge is 0.319 e. The first-order valence-corrected chi connectivity index (χ1v) is 6.70. The standard InChI is InChI=1S/C13H19NO3/c15-11(13(6-7-13)12(16)17)14-8-5-9-3-1-2-4-10(9)14/h9-10H,1-8H2,(H,16,17). The molecule has 2 saturated carbocycles. The number of aliphatic carboxylic acids is 1. The van der Waals surface area contributed by atoms with Crippen molar-refractivity contribution in [3.63, 3.8) is 0 Å². The van der Waals surface area contributed by atoms with Crippen LogP contribution in [-0.4, -0.2) is 34.5 Å². The Bertz CT molecular complexity index is 362. The van der Waals surface area contributed by atoms with E-state index in [1.807, 2.05) is 4.90 Å². The summed E-state index contributed by atoms with van der Waals surface area (Å²) in [5.41, 5.74) is -1.04. The van der Waals surface area contributed by atoms with E-state index >= 15 is 0 Å². The topological polar surface area (TPSA) is 57.6 Å². The van der Waals surface area contributed by atoms with Crippen LogP contribution in [0.4, 0.5) is 0 Å². The molecule has 0 aromatic carbocycles. The number of carbonyl (C=O) groups excluding carboxylic acids is 1. The zero-order chi connectivity index (χ0) is 12.0. The van der Waals surface area contributed by atoms with Gasteiger partial charge < -0.3 is 10.0 Å². The molecule has 3 fully saturated rings. The summed E-state index contributed by atoms with van der Waals surface area (Å²) in [4.78, 5) is 25.5. The second-order valence-electron chi connectivity index (χ2n) is 5.79. The summed E-state index contributed by atoms with van der Waals surface area (Å²) < 4.78 is 0. The second kappa shape index (κ2) is 3.72. The van der Waals surface area contributed by atoms with Crippen LogP contribution in [0.5, 0.6) is 0 Å². The average molecular weight is 237 g/mol. The molecule has 0 bridgehead atoms. The zero-order valence-corrected chi connectivity index (χ0v) is 10.0. The van der Waals surface area contributed by atoms with E-state index in [1.165, 1.54) is 19.3 Å². The monoisotopic (exact) mass is 237 g/mol. The first kappa shape index (κ1) is 11.1. The number of carboxylic acids is 1. The van der Waals surface area contributed by atoms with Gasteiger partial charge in [-0.1, -0.05) is 12.8 Å². The molecule has 2 aliphatic carbocycles. The Labute approximate surface area is 101 Å². The number of nitrogens with zero attached hydrogens (tertiary/aromatic N) is 1. The lowest BCUT2D eigenvalue weighted by molar-refractivity contribution is -0.154. The maximum atomic E-state index is 12.4. The fourth-order valence-corrected chi connectivity index (χ4v) is 3.58. The lowest BCUT2D eigenvalue weighted by Gasteiger charge is -2.33. The third kappa shape index (κ3) is 1.57. The molecule has 1 saturated heterocycles. The molecular weight excluding hydrogens is 218 g/mol. The van der Waals surface area contributed by atoms with Crippen LogP contribution in [0.1, 0.15) is 44.9 Å². The van der Waals surface area contributed by atoms with Gasteiger partial charge in [-0.2, -0.15) is 0 Å². The Morgan fingerprint density at radius 1 is 1.12 bits per heavy atom. The van der Waals surface area contributed by atoms with Crippen molar-refractivity contribution in [3.8, 4) is 0 Å². The van der Waals surface area contributed by atoms with Gasteiger partial charge >= 0.3 is 5.97 Å². The minimum absolute atomic E-state index is 0.0978. The highest BCUT2D eigenvalue weighted by atomic mass is 16.4. The lowest BCUT2D eigenvalue weighted by Crippen LogP contribution is -2.45. The maximum absolute atomic E-state index is 12.4. The Morgan fingerprint density at radius 2 is 1.82 bits per heavy atom. The van der Waals surface area contributed by atoms with Crippen LogP contribution >= 0.6 is 0 Å². The first-order chi connectivity index (χ1) is 8.15. The van der Waals surface area contributed by atoms with E-state index in [2.05, 4.69) is 0 Å². The largest absolute Gasteiger partial charge is 0.480 e. The van der Waals surface area contributed by atoms with Crippen LogP contribution in [0.2, 0.25) is 0 Å². The number of fused-ring (bicyclic) bond motifs is 1. The fraction of sp³-hybridized carbons (Fsp3) is 0.846. The highest BCUT2D eigenvalue weighted by Gasteiger charge is 2.60. The number of likely N-dealkylation sites (tertiary alicyclic amines) is 1. The predicted octanol–water partition coefficient (Wildman–Crippen LogP) is 1.64. The minimum atomic E-state index is -1.04. The van der Waals surface area contributed by atoms with Crippen molar-refractivity contribution < 1.29 is 14.7 Å².